The number of rotatable bonds is 10. The van der Waals surface area contributed by atoms with Crippen molar-refractivity contribution < 1.29 is 27.6 Å². The molecule has 1 aromatic heterocycles. The number of likely N-dealkylation sites (tertiary alicyclic amines) is 2. The van der Waals surface area contributed by atoms with E-state index in [-0.39, 0.29) is 56.6 Å². The number of anilines is 1. The molecule has 0 spiro atoms. The highest BCUT2D eigenvalue weighted by Crippen LogP contribution is 2.46. The number of amides is 3. The molecular weight excluding hydrogens is 956 g/mol. The molecule has 4 aliphatic rings. The maximum Gasteiger partial charge on any atom is 0.313 e. The van der Waals surface area contributed by atoms with Gasteiger partial charge < -0.3 is 20.0 Å². The van der Waals surface area contributed by atoms with E-state index in [1.807, 2.05) is 32.0 Å². The maximum absolute atomic E-state index is 15.7. The van der Waals surface area contributed by atoms with Crippen LogP contribution >= 0.6 is 25.1 Å². The summed E-state index contributed by atoms with van der Waals surface area (Å²) in [4.78, 5) is 42.7. The van der Waals surface area contributed by atoms with Gasteiger partial charge in [-0.2, -0.15) is 10.5 Å². The van der Waals surface area contributed by atoms with E-state index in [9.17, 15) is 14.4 Å². The first kappa shape index (κ1) is 49.7. The average Bonchev–Trinajstić information content (AvgIpc) is 4.34. The topological polar surface area (TPSA) is 208 Å². The van der Waals surface area contributed by atoms with E-state index in [4.69, 9.17) is 26.5 Å². The Morgan fingerprint density at radius 1 is 0.721 bits per heavy atom. The number of hydrazine groups is 1. The van der Waals surface area contributed by atoms with Gasteiger partial charge in [-0.15, -0.1) is 5.10 Å². The van der Waals surface area contributed by atoms with E-state index < -0.39 is 17.2 Å². The number of nitriles is 2. The van der Waals surface area contributed by atoms with Crippen LogP contribution in [-0.2, 0) is 24.2 Å². The number of hydrogen-bond acceptors (Lipinski definition) is 10. The Labute approximate surface area is 407 Å². The minimum atomic E-state index is -1.53. The average molecular weight is 1010 g/mol. The molecule has 17 heteroatoms. The third kappa shape index (κ3) is 10.7. The first-order valence-electron chi connectivity index (χ1n) is 22.9. The third-order valence-corrected chi connectivity index (χ3v) is 13.6. The number of piperidine rings is 2. The number of nitrogens with two attached hydrogens (primary N) is 2. The third-order valence-electron chi connectivity index (χ3n) is 13.6. The number of nitrogens with one attached hydrogen (secondary N) is 1. The fourth-order valence-electron chi connectivity index (χ4n) is 9.31. The summed E-state index contributed by atoms with van der Waals surface area (Å²) in [5, 5.41) is 25.8. The van der Waals surface area contributed by atoms with Gasteiger partial charge in [-0.3, -0.25) is 19.8 Å². The summed E-state index contributed by atoms with van der Waals surface area (Å²) in [5.41, 5.74) is 13.1. The number of alkyl halides is 2. The highest BCUT2D eigenvalue weighted by molar-refractivity contribution is 9.22. The number of carbonyl (C=O) groups is 3. The Morgan fingerprint density at radius 3 is 1.53 bits per heavy atom. The second-order valence-corrected chi connectivity index (χ2v) is 17.8. The summed E-state index contributed by atoms with van der Waals surface area (Å²) in [6, 6.07) is 24.8. The molecule has 4 aromatic carbocycles. The number of halogens is 4. The lowest BCUT2D eigenvalue weighted by molar-refractivity contribution is 0.0412. The summed E-state index contributed by atoms with van der Waals surface area (Å²) < 4.78 is 36.8. The van der Waals surface area contributed by atoms with Crippen LogP contribution < -0.4 is 17.0 Å². The van der Waals surface area contributed by atoms with Crippen molar-refractivity contribution >= 4 is 48.9 Å². The Kier molecular flexibility index (Phi) is 15.6. The number of nitrogens with zero attached hydrogens (tertiary/aromatic N) is 6. The van der Waals surface area contributed by atoms with Crippen LogP contribution in [0.4, 0.5) is 14.8 Å². The van der Waals surface area contributed by atoms with Crippen molar-refractivity contribution in [2.24, 2.45) is 5.84 Å². The minimum absolute atomic E-state index is 0.0117. The molecule has 5 aromatic rings. The zero-order valence-corrected chi connectivity index (χ0v) is 40.3. The number of aromatic nitrogens is 2. The fourth-order valence-corrected chi connectivity index (χ4v) is 9.31. The quantitative estimate of drug-likeness (QED) is 0.0685. The summed E-state index contributed by atoms with van der Waals surface area (Å²) in [5.74, 6) is 5.77. The van der Waals surface area contributed by atoms with E-state index in [1.165, 1.54) is 0 Å². The molecule has 13 nitrogen and oxygen atoms in total. The molecule has 3 amide bonds. The van der Waals surface area contributed by atoms with Crippen LogP contribution in [0, 0.1) is 22.7 Å². The van der Waals surface area contributed by atoms with Crippen LogP contribution in [0.5, 0.6) is 0 Å². The van der Waals surface area contributed by atoms with Crippen LogP contribution in [0.25, 0.3) is 11.5 Å². The zero-order chi connectivity index (χ0) is 48.8. The van der Waals surface area contributed by atoms with Crippen LogP contribution in [0.3, 0.4) is 0 Å². The van der Waals surface area contributed by atoms with Gasteiger partial charge in [0, 0.05) is 89.1 Å². The van der Waals surface area contributed by atoms with E-state index in [0.29, 0.717) is 82.6 Å². The zero-order valence-electron chi connectivity index (χ0n) is 38.0. The van der Waals surface area contributed by atoms with Crippen molar-refractivity contribution in [3.05, 3.63) is 134 Å². The minimum Gasteiger partial charge on any atom is -0.404 e. The SMILES string of the molecule is CCc1cc(C2CC2)c(-c2nnc(N)o2)cc1C(=O)N1CCC(F)(c2ccc(C#N)cc2)CC1.CCc1cc(C2CC2)c(C(=O)NN)cc1C(=O)N1CCC(F)(c2ccc(C#N)cc2)CC1.ClBr. The van der Waals surface area contributed by atoms with Gasteiger partial charge in [0.15, 0.2) is 0 Å². The largest absolute Gasteiger partial charge is 0.404 e. The molecule has 354 valence electrons. The first-order chi connectivity index (χ1) is 32.8. The van der Waals surface area contributed by atoms with Crippen molar-refractivity contribution in [2.75, 3.05) is 31.9 Å². The van der Waals surface area contributed by atoms with Crippen molar-refractivity contribution in [1.29, 1.82) is 10.5 Å². The predicted octanol–water partition coefficient (Wildman–Crippen LogP) is 9.97. The van der Waals surface area contributed by atoms with Crippen molar-refractivity contribution in [3.63, 3.8) is 0 Å². The normalized spacial score (nSPS) is 17.0. The van der Waals surface area contributed by atoms with Crippen LogP contribution in [0.2, 0.25) is 0 Å². The first-order valence-corrected chi connectivity index (χ1v) is 25.0. The van der Waals surface area contributed by atoms with E-state index in [2.05, 4.69) is 52.9 Å². The van der Waals surface area contributed by atoms with Gasteiger partial charge in [0.2, 0.25) is 5.89 Å². The molecule has 0 atom stereocenters. The Morgan fingerprint density at radius 2 is 1.15 bits per heavy atom. The summed E-state index contributed by atoms with van der Waals surface area (Å²) in [6.07, 6.45) is 6.39. The van der Waals surface area contributed by atoms with Crippen LogP contribution in [-0.4, -0.2) is 63.9 Å². The highest BCUT2D eigenvalue weighted by atomic mass is 79.9. The van der Waals surface area contributed by atoms with Crippen molar-refractivity contribution in [3.8, 4) is 23.6 Å². The Balaban J connectivity index is 0.000000195. The number of hydrogen-bond donors (Lipinski definition) is 3. The lowest BCUT2D eigenvalue weighted by Gasteiger charge is -2.37. The van der Waals surface area contributed by atoms with Gasteiger partial charge in [0.1, 0.15) is 11.3 Å². The molecule has 5 N–H and O–H groups in total. The van der Waals surface area contributed by atoms with Gasteiger partial charge in [-0.25, -0.2) is 14.6 Å². The Bertz CT molecular complexity index is 2730. The highest BCUT2D eigenvalue weighted by Gasteiger charge is 2.40. The maximum atomic E-state index is 15.7. The molecular formula is C51H53BrClF2N9O4. The molecule has 2 saturated heterocycles. The van der Waals surface area contributed by atoms with Gasteiger partial charge in [-0.1, -0.05) is 55.3 Å². The molecule has 0 unspecified atom stereocenters. The van der Waals surface area contributed by atoms with Gasteiger partial charge in [-0.05, 0) is 130 Å². The molecule has 0 radical (unpaired) electrons. The molecule has 4 fully saturated rings. The number of carbonyl (C=O) groups excluding carboxylic acids is 3. The summed E-state index contributed by atoms with van der Waals surface area (Å²) >= 11 is 2.41. The molecule has 0 bridgehead atoms. The summed E-state index contributed by atoms with van der Waals surface area (Å²) in [7, 11) is 4.45. The van der Waals surface area contributed by atoms with Crippen molar-refractivity contribution in [2.45, 2.75) is 101 Å². The van der Waals surface area contributed by atoms with Gasteiger partial charge in [0.25, 0.3) is 17.7 Å². The molecule has 2 aliphatic carbocycles. The smallest absolute Gasteiger partial charge is 0.313 e. The van der Waals surface area contributed by atoms with Crippen molar-refractivity contribution in [1.82, 2.24) is 25.4 Å². The predicted molar refractivity (Wildman–Crippen MR) is 258 cm³/mol. The molecule has 3 heterocycles. The number of benzene rings is 4. The van der Waals surface area contributed by atoms with Crippen LogP contribution in [0.1, 0.15) is 153 Å². The van der Waals surface area contributed by atoms with Gasteiger partial charge in [0.05, 0.1) is 23.3 Å². The van der Waals surface area contributed by atoms with Gasteiger partial charge >= 0.3 is 6.01 Å². The fraction of sp³-hybridized carbons (Fsp3) is 0.392. The van der Waals surface area contributed by atoms with E-state index in [0.717, 1.165) is 53.5 Å². The van der Waals surface area contributed by atoms with E-state index >= 15 is 8.78 Å². The molecule has 2 saturated carbocycles. The lowest BCUT2D eigenvalue weighted by Crippen LogP contribution is -2.43. The number of aryl methyl sites for hydroxylation is 2. The Hall–Kier alpha value is -6.20. The number of nitrogen functional groups attached to an aromatic ring is 2. The monoisotopic (exact) mass is 1010 g/mol. The molecule has 9 rings (SSSR count). The lowest BCUT2D eigenvalue weighted by atomic mass is 9.85. The standard InChI is InChI=1S/C26H26FN5O2.C25H27FN4O2.BrCl/c1-2-17-13-20(18-5-6-18)22(23-30-31-25(29)34-23)14-21(17)24(33)32-11-9-26(27,10-12-32)19-7-3-16(15-28)4-8-19;1-2-17-13-20(18-5-6-18)22(23(31)29-28)14-21(17)24(32)30-11-9-25(26,10-12-30)19-7-3-16(15-27)4-8-19;1-2/h3-4,7-8,13-14,18H,2,5-6,9-12H2,1H3,(H2,29,31);3-4,7-8,13-14,18H,2,5-6,9-12,28H2,1H3,(H,29,31);. The van der Waals surface area contributed by atoms with E-state index in [1.54, 1.807) is 64.4 Å². The summed E-state index contributed by atoms with van der Waals surface area (Å²) in [6.45, 7) is 5.19. The molecule has 68 heavy (non-hydrogen) atoms. The van der Waals surface area contributed by atoms with Crippen LogP contribution in [0.15, 0.2) is 77.2 Å². The second-order valence-electron chi connectivity index (χ2n) is 17.8. The second kappa shape index (κ2) is 21.4. The molecule has 2 aliphatic heterocycles.